The Kier molecular flexibility index (Phi) is 4.45. The van der Waals surface area contributed by atoms with Gasteiger partial charge in [0.15, 0.2) is 0 Å². The van der Waals surface area contributed by atoms with Gasteiger partial charge in [-0.3, -0.25) is 4.79 Å². The van der Waals surface area contributed by atoms with E-state index in [1.165, 1.54) is 11.1 Å². The predicted octanol–water partition coefficient (Wildman–Crippen LogP) is 3.01. The lowest BCUT2D eigenvalue weighted by atomic mass is 9.99. The van der Waals surface area contributed by atoms with Gasteiger partial charge in [0.25, 0.3) is 0 Å². The van der Waals surface area contributed by atoms with Crippen molar-refractivity contribution in [3.63, 3.8) is 0 Å². The Balaban J connectivity index is 1.57. The Bertz CT molecular complexity index is 834. The standard InChI is InChI=1S/C21H25N3O2/c1-26-16-9-10-19-15(13-16)5-3-12-24(19)21(25)14-23-11-4-6-17-18(22)7-2-8-20(17)23/h2,7-10,13H,3-6,11-12,14,22H2,1H3. The number of hydrogen-bond acceptors (Lipinski definition) is 4. The third-order valence-corrected chi connectivity index (χ3v) is 5.42. The monoisotopic (exact) mass is 351 g/mol. The topological polar surface area (TPSA) is 58.8 Å². The highest BCUT2D eigenvalue weighted by Crippen LogP contribution is 2.33. The van der Waals surface area contributed by atoms with Crippen LogP contribution in [0.2, 0.25) is 0 Å². The van der Waals surface area contributed by atoms with Crippen LogP contribution in [0.4, 0.5) is 17.1 Å². The number of hydrogen-bond donors (Lipinski definition) is 1. The summed E-state index contributed by atoms with van der Waals surface area (Å²) in [5.41, 5.74) is 11.5. The second-order valence-corrected chi connectivity index (χ2v) is 7.01. The van der Waals surface area contributed by atoms with E-state index in [-0.39, 0.29) is 5.91 Å². The molecule has 2 aliphatic heterocycles. The van der Waals surface area contributed by atoms with Crippen molar-refractivity contribution in [2.75, 3.05) is 42.3 Å². The van der Waals surface area contributed by atoms with Gasteiger partial charge in [-0.1, -0.05) is 6.07 Å². The van der Waals surface area contributed by atoms with E-state index in [9.17, 15) is 4.79 Å². The summed E-state index contributed by atoms with van der Waals surface area (Å²) in [6, 6.07) is 12.0. The van der Waals surface area contributed by atoms with Crippen LogP contribution in [0.5, 0.6) is 5.75 Å². The van der Waals surface area contributed by atoms with Crippen LogP contribution < -0.4 is 20.3 Å². The Labute approximate surface area is 154 Å². The van der Waals surface area contributed by atoms with E-state index in [1.807, 2.05) is 35.2 Å². The molecule has 2 heterocycles. The maximum atomic E-state index is 13.1. The first kappa shape index (κ1) is 16.8. The minimum Gasteiger partial charge on any atom is -0.497 e. The van der Waals surface area contributed by atoms with Crippen LogP contribution in [-0.4, -0.2) is 32.7 Å². The van der Waals surface area contributed by atoms with E-state index in [0.717, 1.165) is 61.6 Å². The molecule has 0 spiro atoms. The van der Waals surface area contributed by atoms with Crippen molar-refractivity contribution in [3.8, 4) is 5.75 Å². The third kappa shape index (κ3) is 2.98. The van der Waals surface area contributed by atoms with Crippen LogP contribution in [0.1, 0.15) is 24.0 Å². The molecule has 136 valence electrons. The van der Waals surface area contributed by atoms with Crippen molar-refractivity contribution in [2.45, 2.75) is 25.7 Å². The number of aryl methyl sites for hydroxylation is 1. The maximum absolute atomic E-state index is 13.1. The van der Waals surface area contributed by atoms with Crippen LogP contribution in [0, 0.1) is 0 Å². The van der Waals surface area contributed by atoms with Gasteiger partial charge in [0, 0.05) is 30.2 Å². The Hall–Kier alpha value is -2.69. The maximum Gasteiger partial charge on any atom is 0.246 e. The lowest BCUT2D eigenvalue weighted by Crippen LogP contribution is -2.44. The van der Waals surface area contributed by atoms with Gasteiger partial charge >= 0.3 is 0 Å². The molecule has 0 radical (unpaired) electrons. The minimum atomic E-state index is 0.145. The van der Waals surface area contributed by atoms with Gasteiger partial charge in [-0.15, -0.1) is 0 Å². The molecule has 2 aromatic carbocycles. The van der Waals surface area contributed by atoms with Gasteiger partial charge in [0.2, 0.25) is 5.91 Å². The van der Waals surface area contributed by atoms with E-state index in [4.69, 9.17) is 10.5 Å². The number of carbonyl (C=O) groups is 1. The second-order valence-electron chi connectivity index (χ2n) is 7.01. The highest BCUT2D eigenvalue weighted by molar-refractivity contribution is 5.98. The summed E-state index contributed by atoms with van der Waals surface area (Å²) in [5.74, 6) is 0.991. The summed E-state index contributed by atoms with van der Waals surface area (Å²) >= 11 is 0. The molecule has 0 aromatic heterocycles. The molecule has 0 saturated carbocycles. The fourth-order valence-corrected chi connectivity index (χ4v) is 4.10. The molecule has 0 saturated heterocycles. The molecular weight excluding hydrogens is 326 g/mol. The first-order valence-corrected chi connectivity index (χ1v) is 9.27. The van der Waals surface area contributed by atoms with Crippen molar-refractivity contribution in [2.24, 2.45) is 0 Å². The molecule has 5 heteroatoms. The lowest BCUT2D eigenvalue weighted by molar-refractivity contribution is -0.117. The van der Waals surface area contributed by atoms with E-state index in [1.54, 1.807) is 7.11 Å². The number of fused-ring (bicyclic) bond motifs is 2. The molecular formula is C21H25N3O2. The first-order chi connectivity index (χ1) is 12.7. The van der Waals surface area contributed by atoms with E-state index >= 15 is 0 Å². The van der Waals surface area contributed by atoms with Crippen molar-refractivity contribution < 1.29 is 9.53 Å². The highest BCUT2D eigenvalue weighted by atomic mass is 16.5. The van der Waals surface area contributed by atoms with Gasteiger partial charge in [0.05, 0.1) is 13.7 Å². The summed E-state index contributed by atoms with van der Waals surface area (Å²) < 4.78 is 5.32. The fourth-order valence-electron chi connectivity index (χ4n) is 4.10. The number of ether oxygens (including phenoxy) is 1. The van der Waals surface area contributed by atoms with Crippen molar-refractivity contribution in [1.82, 2.24) is 0 Å². The average molecular weight is 351 g/mol. The minimum absolute atomic E-state index is 0.145. The quantitative estimate of drug-likeness (QED) is 0.864. The highest BCUT2D eigenvalue weighted by Gasteiger charge is 2.26. The Morgan fingerprint density at radius 3 is 2.81 bits per heavy atom. The first-order valence-electron chi connectivity index (χ1n) is 9.27. The molecule has 2 aliphatic rings. The van der Waals surface area contributed by atoms with Crippen molar-refractivity contribution in [1.29, 1.82) is 0 Å². The number of nitrogens with two attached hydrogens (primary N) is 1. The molecule has 2 N–H and O–H groups in total. The van der Waals surface area contributed by atoms with Crippen molar-refractivity contribution in [3.05, 3.63) is 47.5 Å². The summed E-state index contributed by atoms with van der Waals surface area (Å²) in [6.07, 6.45) is 3.98. The molecule has 1 amide bonds. The number of methoxy groups -OCH3 is 1. The van der Waals surface area contributed by atoms with E-state index in [0.29, 0.717) is 6.54 Å². The normalized spacial score (nSPS) is 16.0. The molecule has 4 rings (SSSR count). The number of benzene rings is 2. The summed E-state index contributed by atoms with van der Waals surface area (Å²) in [7, 11) is 1.67. The van der Waals surface area contributed by atoms with Gasteiger partial charge in [-0.25, -0.2) is 0 Å². The van der Waals surface area contributed by atoms with Gasteiger partial charge in [-0.2, -0.15) is 0 Å². The van der Waals surface area contributed by atoms with Gasteiger partial charge in [0.1, 0.15) is 5.75 Å². The summed E-state index contributed by atoms with van der Waals surface area (Å²) in [5, 5.41) is 0. The van der Waals surface area contributed by atoms with Crippen LogP contribution in [0.25, 0.3) is 0 Å². The molecule has 0 aliphatic carbocycles. The van der Waals surface area contributed by atoms with E-state index in [2.05, 4.69) is 11.0 Å². The number of amides is 1. The Morgan fingerprint density at radius 2 is 1.96 bits per heavy atom. The van der Waals surface area contributed by atoms with Crippen LogP contribution in [0.3, 0.4) is 0 Å². The van der Waals surface area contributed by atoms with E-state index < -0.39 is 0 Å². The molecule has 26 heavy (non-hydrogen) atoms. The predicted molar refractivity (Wildman–Crippen MR) is 105 cm³/mol. The molecule has 0 atom stereocenters. The third-order valence-electron chi connectivity index (χ3n) is 5.42. The Morgan fingerprint density at radius 1 is 1.12 bits per heavy atom. The number of rotatable bonds is 3. The molecule has 5 nitrogen and oxygen atoms in total. The van der Waals surface area contributed by atoms with Crippen LogP contribution in [-0.2, 0) is 17.6 Å². The molecule has 0 bridgehead atoms. The average Bonchev–Trinajstić information content (AvgIpc) is 2.67. The van der Waals surface area contributed by atoms with Crippen LogP contribution >= 0.6 is 0 Å². The zero-order valence-electron chi connectivity index (χ0n) is 15.2. The lowest BCUT2D eigenvalue weighted by Gasteiger charge is -2.35. The molecule has 0 fully saturated rings. The fraction of sp³-hybridized carbons (Fsp3) is 0.381. The SMILES string of the molecule is COc1ccc2c(c1)CCCN2C(=O)CN1CCCc2c(N)cccc21. The summed E-state index contributed by atoms with van der Waals surface area (Å²) in [4.78, 5) is 17.2. The largest absolute Gasteiger partial charge is 0.497 e. The number of nitrogen functional groups attached to an aromatic ring is 1. The van der Waals surface area contributed by atoms with Crippen molar-refractivity contribution >= 4 is 23.0 Å². The smallest absolute Gasteiger partial charge is 0.246 e. The van der Waals surface area contributed by atoms with Gasteiger partial charge in [-0.05, 0) is 67.1 Å². The number of anilines is 3. The number of nitrogens with zero attached hydrogens (tertiary/aromatic N) is 2. The zero-order valence-corrected chi connectivity index (χ0v) is 15.2. The van der Waals surface area contributed by atoms with Gasteiger partial charge < -0.3 is 20.3 Å². The second kappa shape index (κ2) is 6.90. The zero-order chi connectivity index (χ0) is 18.1. The summed E-state index contributed by atoms with van der Waals surface area (Å²) in [6.45, 7) is 2.06. The molecule has 0 unspecified atom stereocenters. The number of carbonyl (C=O) groups excluding carboxylic acids is 1. The molecule has 2 aromatic rings. The van der Waals surface area contributed by atoms with Crippen LogP contribution in [0.15, 0.2) is 36.4 Å².